The van der Waals surface area contributed by atoms with Crippen LogP contribution in [0.2, 0.25) is 12.1 Å². The van der Waals surface area contributed by atoms with E-state index in [-0.39, 0.29) is 5.60 Å². The first-order valence-corrected chi connectivity index (χ1v) is 14.5. The molecule has 0 saturated heterocycles. The summed E-state index contributed by atoms with van der Waals surface area (Å²) < 4.78 is 14.2. The molecular formula is C24H52O2Si. The second-order valence-electron chi connectivity index (χ2n) is 8.75. The zero-order chi connectivity index (χ0) is 20.8. The van der Waals surface area contributed by atoms with Crippen molar-refractivity contribution in [1.82, 2.24) is 0 Å². The Kier molecular flexibility index (Phi) is 15.1. The summed E-state index contributed by atoms with van der Waals surface area (Å²) in [5.41, 5.74) is -0.0157. The minimum atomic E-state index is -2.21. The molecule has 0 spiro atoms. The van der Waals surface area contributed by atoms with Crippen LogP contribution in [0.15, 0.2) is 0 Å². The Balaban J connectivity index is 5.93. The minimum absolute atomic E-state index is 0.0157. The lowest BCUT2D eigenvalue weighted by atomic mass is 9.73. The maximum atomic E-state index is 7.44. The molecule has 0 bridgehead atoms. The van der Waals surface area contributed by atoms with E-state index in [1.54, 1.807) is 0 Å². The highest BCUT2D eigenvalue weighted by atomic mass is 28.4. The van der Waals surface area contributed by atoms with Crippen molar-refractivity contribution in [1.29, 1.82) is 0 Å². The van der Waals surface area contributed by atoms with Crippen LogP contribution >= 0.6 is 0 Å². The number of unbranched alkanes of at least 4 members (excludes halogenated alkanes) is 3. The maximum Gasteiger partial charge on any atom is 0.338 e. The highest BCUT2D eigenvalue weighted by Gasteiger charge is 2.49. The van der Waals surface area contributed by atoms with E-state index in [2.05, 4.69) is 55.4 Å². The molecule has 2 nitrogen and oxygen atoms in total. The van der Waals surface area contributed by atoms with E-state index in [0.717, 1.165) is 13.0 Å². The normalized spacial score (nSPS) is 16.9. The Hall–Kier alpha value is 0.137. The van der Waals surface area contributed by atoms with Gasteiger partial charge in [0, 0.05) is 6.61 Å². The minimum Gasteiger partial charge on any atom is -0.394 e. The molecule has 0 amide bonds. The first-order valence-electron chi connectivity index (χ1n) is 12.3. The van der Waals surface area contributed by atoms with Crippen molar-refractivity contribution < 1.29 is 8.85 Å². The van der Waals surface area contributed by atoms with E-state index in [1.807, 2.05) is 0 Å². The van der Waals surface area contributed by atoms with E-state index >= 15 is 0 Å². The summed E-state index contributed by atoms with van der Waals surface area (Å²) in [5.74, 6) is 1.16. The molecular weight excluding hydrogens is 348 g/mol. The van der Waals surface area contributed by atoms with Gasteiger partial charge in [0.2, 0.25) is 0 Å². The summed E-state index contributed by atoms with van der Waals surface area (Å²) in [6.07, 6.45) is 12.0. The first kappa shape index (κ1) is 27.1. The van der Waals surface area contributed by atoms with Crippen LogP contribution < -0.4 is 0 Å². The van der Waals surface area contributed by atoms with E-state index in [9.17, 15) is 0 Å². The second-order valence-corrected chi connectivity index (χ2v) is 12.1. The molecule has 164 valence electrons. The van der Waals surface area contributed by atoms with Crippen molar-refractivity contribution >= 4 is 8.56 Å². The molecule has 0 radical (unpaired) electrons. The molecule has 0 aliphatic carbocycles. The third-order valence-corrected chi connectivity index (χ3v) is 10.3. The zero-order valence-electron chi connectivity index (χ0n) is 20.2. The van der Waals surface area contributed by atoms with E-state index in [4.69, 9.17) is 8.85 Å². The van der Waals surface area contributed by atoms with Crippen LogP contribution in [0.3, 0.4) is 0 Å². The van der Waals surface area contributed by atoms with E-state index < -0.39 is 8.56 Å². The number of hydrogen-bond donors (Lipinski definition) is 0. The molecule has 0 N–H and O–H groups in total. The van der Waals surface area contributed by atoms with Gasteiger partial charge in [-0.25, -0.2) is 0 Å². The molecule has 0 aromatic rings. The van der Waals surface area contributed by atoms with E-state index in [1.165, 1.54) is 69.9 Å². The van der Waals surface area contributed by atoms with Crippen LogP contribution in [0.4, 0.5) is 0 Å². The predicted molar refractivity (Wildman–Crippen MR) is 124 cm³/mol. The van der Waals surface area contributed by atoms with Gasteiger partial charge < -0.3 is 8.85 Å². The standard InChI is InChI=1S/C24H52O2Si/c1-9-15-19-25-27(20-16-10-2,21-17-11-3)26-24(18-12-4,22(7)13-5)23(8)14-6/h22-23H,9-21H2,1-8H3. The van der Waals surface area contributed by atoms with Gasteiger partial charge in [0.05, 0.1) is 5.60 Å². The van der Waals surface area contributed by atoms with Gasteiger partial charge in [0.1, 0.15) is 0 Å². The van der Waals surface area contributed by atoms with Crippen molar-refractivity contribution in [2.75, 3.05) is 6.61 Å². The summed E-state index contributed by atoms with van der Waals surface area (Å²) in [4.78, 5) is 0. The van der Waals surface area contributed by atoms with Gasteiger partial charge in [0.15, 0.2) is 0 Å². The Morgan fingerprint density at radius 3 is 1.56 bits per heavy atom. The molecule has 0 saturated carbocycles. The van der Waals surface area contributed by atoms with Gasteiger partial charge >= 0.3 is 8.56 Å². The number of rotatable bonds is 18. The molecule has 0 rings (SSSR count). The van der Waals surface area contributed by atoms with Crippen molar-refractivity contribution in [2.45, 2.75) is 137 Å². The predicted octanol–water partition coefficient (Wildman–Crippen LogP) is 8.49. The quantitative estimate of drug-likeness (QED) is 0.169. The summed E-state index contributed by atoms with van der Waals surface area (Å²) >= 11 is 0. The first-order chi connectivity index (χ1) is 12.9. The van der Waals surface area contributed by atoms with Gasteiger partial charge in [-0.15, -0.1) is 0 Å². The van der Waals surface area contributed by atoms with Crippen molar-refractivity contribution in [3.63, 3.8) is 0 Å². The van der Waals surface area contributed by atoms with Crippen molar-refractivity contribution in [3.05, 3.63) is 0 Å². The topological polar surface area (TPSA) is 18.5 Å². The van der Waals surface area contributed by atoms with Gasteiger partial charge in [-0.05, 0) is 36.8 Å². The zero-order valence-corrected chi connectivity index (χ0v) is 21.2. The average Bonchev–Trinajstić information content (AvgIpc) is 2.69. The molecule has 0 aliphatic heterocycles. The molecule has 0 heterocycles. The Labute approximate surface area is 173 Å². The molecule has 3 heteroatoms. The fourth-order valence-electron chi connectivity index (χ4n) is 4.35. The molecule has 0 aliphatic rings. The van der Waals surface area contributed by atoms with Crippen LogP contribution in [-0.4, -0.2) is 20.8 Å². The van der Waals surface area contributed by atoms with Crippen LogP contribution in [0.25, 0.3) is 0 Å². The van der Waals surface area contributed by atoms with Crippen molar-refractivity contribution in [2.24, 2.45) is 11.8 Å². The summed E-state index contributed by atoms with van der Waals surface area (Å²) in [6, 6.07) is 2.34. The van der Waals surface area contributed by atoms with Crippen LogP contribution in [-0.2, 0) is 8.85 Å². The van der Waals surface area contributed by atoms with Gasteiger partial charge in [0.25, 0.3) is 0 Å². The number of hydrogen-bond acceptors (Lipinski definition) is 2. The fourth-order valence-corrected chi connectivity index (χ4v) is 8.65. The monoisotopic (exact) mass is 400 g/mol. The Bertz CT molecular complexity index is 327. The lowest BCUT2D eigenvalue weighted by molar-refractivity contribution is -0.0739. The van der Waals surface area contributed by atoms with Crippen LogP contribution in [0.5, 0.6) is 0 Å². The summed E-state index contributed by atoms with van der Waals surface area (Å²) in [6.45, 7) is 19.6. The third-order valence-electron chi connectivity index (χ3n) is 6.60. The maximum absolute atomic E-state index is 7.44. The lowest BCUT2D eigenvalue weighted by Gasteiger charge is -2.49. The molecule has 27 heavy (non-hydrogen) atoms. The second kappa shape index (κ2) is 15.0. The molecule has 0 aromatic heterocycles. The van der Waals surface area contributed by atoms with Gasteiger partial charge in [-0.2, -0.15) is 0 Å². The lowest BCUT2D eigenvalue weighted by Crippen LogP contribution is -2.56. The highest BCUT2D eigenvalue weighted by Crippen LogP contribution is 2.43. The Morgan fingerprint density at radius 1 is 0.704 bits per heavy atom. The third kappa shape index (κ3) is 8.58. The molecule has 0 aromatic carbocycles. The Morgan fingerprint density at radius 2 is 1.19 bits per heavy atom. The largest absolute Gasteiger partial charge is 0.394 e. The summed E-state index contributed by atoms with van der Waals surface area (Å²) in [5, 5.41) is 0. The van der Waals surface area contributed by atoms with Crippen LogP contribution in [0, 0.1) is 11.8 Å². The van der Waals surface area contributed by atoms with Crippen LogP contribution in [0.1, 0.15) is 120 Å². The fraction of sp³-hybridized carbons (Fsp3) is 1.00. The summed E-state index contributed by atoms with van der Waals surface area (Å²) in [7, 11) is -2.21. The SMILES string of the molecule is CCCCO[Si](CCCC)(CCCC)OC(CCC)(C(C)CC)C(C)CC. The molecule has 0 fully saturated rings. The van der Waals surface area contributed by atoms with E-state index in [0.29, 0.717) is 11.8 Å². The molecule has 2 atom stereocenters. The smallest absolute Gasteiger partial charge is 0.338 e. The van der Waals surface area contributed by atoms with Crippen molar-refractivity contribution in [3.8, 4) is 0 Å². The van der Waals surface area contributed by atoms with Gasteiger partial charge in [-0.3, -0.25) is 0 Å². The average molecular weight is 401 g/mol. The highest BCUT2D eigenvalue weighted by molar-refractivity contribution is 6.67. The van der Waals surface area contributed by atoms with Gasteiger partial charge in [-0.1, -0.05) is 107 Å². The molecule has 2 unspecified atom stereocenters.